The van der Waals surface area contributed by atoms with Crippen molar-refractivity contribution in [3.63, 3.8) is 0 Å². The molecule has 0 spiro atoms. The molecule has 0 N–H and O–H groups in total. The maximum Gasteiger partial charge on any atom is 0.309 e. The molecular formula is C40H66O10. The lowest BCUT2D eigenvalue weighted by Gasteiger charge is -2.26. The standard InChI is InChI=1S/C40H66O10/c1-3-5-7-9-11-13-15-17-21-45-37(41)29-25-33-35(49-33)27-31(29)39(43)47-23-19-20-24-48-40(44)32-28-36-34(50-36)26-30(32)38(42)46-22-18-16-14-12-10-8-6-4-2/h29-36H,3-28H2,1-2H3. The average molecular weight is 707 g/mol. The lowest BCUT2D eigenvalue weighted by atomic mass is 9.79. The van der Waals surface area contributed by atoms with E-state index >= 15 is 0 Å². The normalized spacial score (nSPS) is 27.8. The number of hydrogen-bond acceptors (Lipinski definition) is 10. The number of epoxide rings is 2. The van der Waals surface area contributed by atoms with Gasteiger partial charge in [-0.1, -0.05) is 104 Å². The van der Waals surface area contributed by atoms with Crippen LogP contribution in [-0.4, -0.2) is 74.7 Å². The van der Waals surface area contributed by atoms with Crippen LogP contribution in [0.2, 0.25) is 0 Å². The third-order valence-corrected chi connectivity index (χ3v) is 11.0. The van der Waals surface area contributed by atoms with E-state index in [4.69, 9.17) is 28.4 Å². The van der Waals surface area contributed by atoms with Gasteiger partial charge in [-0.2, -0.15) is 0 Å². The van der Waals surface area contributed by atoms with Gasteiger partial charge in [-0.25, -0.2) is 0 Å². The number of esters is 4. The number of unbranched alkanes of at least 4 members (excludes halogenated alkanes) is 15. The Balaban J connectivity index is 1.07. The Labute approximate surface area is 300 Å². The van der Waals surface area contributed by atoms with Crippen molar-refractivity contribution in [3.05, 3.63) is 0 Å². The van der Waals surface area contributed by atoms with E-state index in [-0.39, 0.29) is 61.5 Å². The van der Waals surface area contributed by atoms with E-state index in [9.17, 15) is 19.2 Å². The van der Waals surface area contributed by atoms with Crippen molar-refractivity contribution < 1.29 is 47.6 Å². The van der Waals surface area contributed by atoms with Crippen LogP contribution in [0.3, 0.4) is 0 Å². The summed E-state index contributed by atoms with van der Waals surface area (Å²) in [5.74, 6) is -3.62. The zero-order valence-electron chi connectivity index (χ0n) is 31.1. The minimum Gasteiger partial charge on any atom is -0.465 e. The van der Waals surface area contributed by atoms with Gasteiger partial charge in [0, 0.05) is 0 Å². The summed E-state index contributed by atoms with van der Waals surface area (Å²) in [6.07, 6.45) is 21.8. The zero-order chi connectivity index (χ0) is 35.6. The van der Waals surface area contributed by atoms with Crippen molar-refractivity contribution in [1.82, 2.24) is 0 Å². The highest BCUT2D eigenvalue weighted by Gasteiger charge is 2.54. The van der Waals surface area contributed by atoms with Gasteiger partial charge in [0.05, 0.1) is 74.5 Å². The fourth-order valence-electron chi connectivity index (χ4n) is 7.68. The molecule has 286 valence electrons. The molecule has 0 aromatic carbocycles. The molecule has 8 unspecified atom stereocenters. The van der Waals surface area contributed by atoms with E-state index in [1.807, 2.05) is 0 Å². The number of carbonyl (C=O) groups is 4. The maximum atomic E-state index is 13.0. The van der Waals surface area contributed by atoms with Gasteiger partial charge in [0.25, 0.3) is 0 Å². The van der Waals surface area contributed by atoms with E-state index in [1.54, 1.807) is 0 Å². The molecule has 2 aliphatic heterocycles. The van der Waals surface area contributed by atoms with E-state index in [2.05, 4.69) is 13.8 Å². The highest BCUT2D eigenvalue weighted by atomic mass is 16.6. The van der Waals surface area contributed by atoms with Crippen molar-refractivity contribution in [2.24, 2.45) is 23.7 Å². The molecule has 0 radical (unpaired) electrons. The lowest BCUT2D eigenvalue weighted by molar-refractivity contribution is -0.163. The van der Waals surface area contributed by atoms with E-state index in [1.165, 1.54) is 64.2 Å². The summed E-state index contributed by atoms with van der Waals surface area (Å²) in [5, 5.41) is 0. The highest BCUT2D eigenvalue weighted by molar-refractivity contribution is 5.83. The van der Waals surface area contributed by atoms with Gasteiger partial charge in [-0.15, -0.1) is 0 Å². The number of hydrogen-bond donors (Lipinski definition) is 0. The van der Waals surface area contributed by atoms with Crippen LogP contribution in [-0.2, 0) is 47.6 Å². The molecule has 8 atom stereocenters. The molecule has 0 bridgehead atoms. The molecule has 0 aromatic rings. The summed E-state index contributed by atoms with van der Waals surface area (Å²) >= 11 is 0. The van der Waals surface area contributed by atoms with E-state index in [0.717, 1.165) is 38.5 Å². The van der Waals surface area contributed by atoms with Crippen LogP contribution in [0.15, 0.2) is 0 Å². The second-order valence-electron chi connectivity index (χ2n) is 15.1. The minimum atomic E-state index is -0.561. The molecule has 0 aromatic heterocycles. The molecule has 4 rings (SSSR count). The molecule has 2 saturated carbocycles. The molecule has 4 fully saturated rings. The summed E-state index contributed by atoms with van der Waals surface area (Å²) in [7, 11) is 0. The Bertz CT molecular complexity index is 952. The molecule has 2 saturated heterocycles. The summed E-state index contributed by atoms with van der Waals surface area (Å²) in [6, 6.07) is 0. The molecule has 10 heteroatoms. The van der Waals surface area contributed by atoms with Crippen LogP contribution in [0.5, 0.6) is 0 Å². The molecule has 2 aliphatic carbocycles. The van der Waals surface area contributed by atoms with Gasteiger partial charge in [-0.05, 0) is 51.4 Å². The Hall–Kier alpha value is -2.20. The molecule has 4 aliphatic rings. The van der Waals surface area contributed by atoms with Gasteiger partial charge in [0.15, 0.2) is 0 Å². The third kappa shape index (κ3) is 14.1. The van der Waals surface area contributed by atoms with Crippen LogP contribution < -0.4 is 0 Å². The number of ether oxygens (including phenoxy) is 6. The highest BCUT2D eigenvalue weighted by Crippen LogP contribution is 2.45. The first kappa shape index (κ1) is 40.6. The Morgan fingerprint density at radius 3 is 0.860 bits per heavy atom. The quantitative estimate of drug-likeness (QED) is 0.0361. The first-order valence-electron chi connectivity index (χ1n) is 20.4. The van der Waals surface area contributed by atoms with Crippen LogP contribution in [0, 0.1) is 23.7 Å². The Kier molecular flexibility index (Phi) is 18.4. The van der Waals surface area contributed by atoms with Gasteiger partial charge < -0.3 is 28.4 Å². The minimum absolute atomic E-state index is 0.0195. The van der Waals surface area contributed by atoms with Crippen molar-refractivity contribution in [1.29, 1.82) is 0 Å². The zero-order valence-corrected chi connectivity index (χ0v) is 31.1. The topological polar surface area (TPSA) is 130 Å². The van der Waals surface area contributed by atoms with Gasteiger partial charge >= 0.3 is 23.9 Å². The maximum absolute atomic E-state index is 13.0. The van der Waals surface area contributed by atoms with Gasteiger partial charge in [-0.3, -0.25) is 19.2 Å². The summed E-state index contributed by atoms with van der Waals surface area (Å²) in [4.78, 5) is 51.9. The Morgan fingerprint density at radius 2 is 0.600 bits per heavy atom. The fraction of sp³-hybridized carbons (Fsp3) is 0.900. The summed E-state index contributed by atoms with van der Waals surface area (Å²) in [6.45, 7) is 5.56. The lowest BCUT2D eigenvalue weighted by Crippen LogP contribution is -2.38. The van der Waals surface area contributed by atoms with E-state index in [0.29, 0.717) is 51.7 Å². The SMILES string of the molecule is CCCCCCCCCCOC(=O)C1CC2OC2CC1C(=O)OCCCCOC(=O)C1CC2OC2CC1C(=O)OCCCCCCCCCC. The number of fused-ring (bicyclic) bond motifs is 2. The average Bonchev–Trinajstić information content (AvgIpc) is 4.05. The predicted molar refractivity (Wildman–Crippen MR) is 188 cm³/mol. The largest absolute Gasteiger partial charge is 0.465 e. The van der Waals surface area contributed by atoms with Crippen LogP contribution in [0.4, 0.5) is 0 Å². The summed E-state index contributed by atoms with van der Waals surface area (Å²) < 4.78 is 33.6. The second kappa shape index (κ2) is 22.7. The first-order chi connectivity index (χ1) is 24.4. The molecule has 0 amide bonds. The number of rotatable bonds is 27. The summed E-state index contributed by atoms with van der Waals surface area (Å²) in [5.41, 5.74) is 0. The van der Waals surface area contributed by atoms with Crippen molar-refractivity contribution in [2.75, 3.05) is 26.4 Å². The predicted octanol–water partition coefficient (Wildman–Crippen LogP) is 7.81. The smallest absolute Gasteiger partial charge is 0.309 e. The van der Waals surface area contributed by atoms with Crippen molar-refractivity contribution in [3.8, 4) is 0 Å². The van der Waals surface area contributed by atoms with Crippen LogP contribution in [0.25, 0.3) is 0 Å². The van der Waals surface area contributed by atoms with Crippen LogP contribution >= 0.6 is 0 Å². The molecule has 10 nitrogen and oxygen atoms in total. The third-order valence-electron chi connectivity index (χ3n) is 11.0. The van der Waals surface area contributed by atoms with Crippen LogP contribution in [0.1, 0.15) is 155 Å². The Morgan fingerprint density at radius 1 is 0.380 bits per heavy atom. The van der Waals surface area contributed by atoms with Crippen molar-refractivity contribution in [2.45, 2.75) is 180 Å². The van der Waals surface area contributed by atoms with Crippen molar-refractivity contribution >= 4 is 23.9 Å². The second-order valence-corrected chi connectivity index (χ2v) is 15.1. The molecular weight excluding hydrogens is 640 g/mol. The number of carbonyl (C=O) groups excluding carboxylic acids is 4. The molecule has 2 heterocycles. The molecule has 50 heavy (non-hydrogen) atoms. The van der Waals surface area contributed by atoms with E-state index < -0.39 is 23.7 Å². The van der Waals surface area contributed by atoms with Gasteiger partial charge in [0.1, 0.15) is 0 Å². The first-order valence-corrected chi connectivity index (χ1v) is 20.4. The van der Waals surface area contributed by atoms with Gasteiger partial charge in [0.2, 0.25) is 0 Å². The monoisotopic (exact) mass is 706 g/mol. The fourth-order valence-corrected chi connectivity index (χ4v) is 7.68.